The van der Waals surface area contributed by atoms with E-state index in [4.69, 9.17) is 23.2 Å². The van der Waals surface area contributed by atoms with Crippen LogP contribution >= 0.6 is 35.6 Å². The molecule has 0 saturated heterocycles. The van der Waals surface area contributed by atoms with E-state index in [0.29, 0.717) is 23.0 Å². The van der Waals surface area contributed by atoms with Crippen LogP contribution < -0.4 is 5.32 Å². The van der Waals surface area contributed by atoms with E-state index in [1.807, 2.05) is 24.9 Å². The van der Waals surface area contributed by atoms with Crippen molar-refractivity contribution in [2.75, 3.05) is 20.1 Å². The first-order valence-electron chi connectivity index (χ1n) is 6.46. The van der Waals surface area contributed by atoms with Crippen LogP contribution in [0, 0.1) is 0 Å². The number of amides is 1. The molecular weight excluding hydrogens is 319 g/mol. The molecule has 0 radical (unpaired) electrons. The van der Waals surface area contributed by atoms with Gasteiger partial charge in [-0.2, -0.15) is 0 Å². The molecule has 2 rings (SSSR count). The van der Waals surface area contributed by atoms with Crippen LogP contribution in [0.4, 0.5) is 0 Å². The second kappa shape index (κ2) is 7.51. The fourth-order valence-electron chi connectivity index (χ4n) is 2.62. The van der Waals surface area contributed by atoms with E-state index in [0.717, 1.165) is 24.1 Å². The molecule has 1 N–H and O–H groups in total. The third-order valence-electron chi connectivity index (χ3n) is 3.60. The predicted molar refractivity (Wildman–Crippen MR) is 86.1 cm³/mol. The van der Waals surface area contributed by atoms with Crippen LogP contribution in [-0.4, -0.2) is 30.9 Å². The lowest BCUT2D eigenvalue weighted by molar-refractivity contribution is -0.133. The van der Waals surface area contributed by atoms with Crippen LogP contribution in [0.25, 0.3) is 0 Å². The first-order chi connectivity index (χ1) is 9.04. The first-order valence-corrected chi connectivity index (χ1v) is 7.22. The molecule has 0 spiro atoms. The molecule has 1 aromatic carbocycles. The predicted octanol–water partition coefficient (Wildman–Crippen LogP) is 3.47. The molecule has 0 aliphatic carbocycles. The average Bonchev–Trinajstić information content (AvgIpc) is 2.35. The summed E-state index contributed by atoms with van der Waals surface area (Å²) in [5.74, 6) is 0.165. The summed E-state index contributed by atoms with van der Waals surface area (Å²) in [7, 11) is 1.85. The SMILES string of the molecule is CNCCC(=O)N1CCc2cc(Cl)cc(Cl)c2C1C.Cl. The van der Waals surface area contributed by atoms with Crippen molar-refractivity contribution in [3.05, 3.63) is 33.3 Å². The van der Waals surface area contributed by atoms with Gasteiger partial charge in [-0.1, -0.05) is 23.2 Å². The lowest BCUT2D eigenvalue weighted by atomic mass is 9.93. The van der Waals surface area contributed by atoms with Crippen LogP contribution in [0.1, 0.15) is 30.5 Å². The maximum absolute atomic E-state index is 12.2. The molecule has 1 aliphatic rings. The minimum absolute atomic E-state index is 0. The summed E-state index contributed by atoms with van der Waals surface area (Å²) in [4.78, 5) is 14.1. The highest BCUT2D eigenvalue weighted by molar-refractivity contribution is 6.35. The van der Waals surface area contributed by atoms with Gasteiger partial charge in [-0.15, -0.1) is 12.4 Å². The zero-order chi connectivity index (χ0) is 14.0. The maximum atomic E-state index is 12.2. The number of nitrogens with one attached hydrogen (secondary N) is 1. The third kappa shape index (κ3) is 3.59. The normalized spacial score (nSPS) is 17.4. The monoisotopic (exact) mass is 336 g/mol. The number of halogens is 3. The Kier molecular flexibility index (Phi) is 6.59. The average molecular weight is 338 g/mol. The maximum Gasteiger partial charge on any atom is 0.224 e. The fraction of sp³-hybridized carbons (Fsp3) is 0.500. The molecule has 1 aromatic rings. The molecule has 1 unspecified atom stereocenters. The minimum Gasteiger partial charge on any atom is -0.336 e. The molecule has 1 atom stereocenters. The number of fused-ring (bicyclic) bond motifs is 1. The van der Waals surface area contributed by atoms with Gasteiger partial charge in [0, 0.05) is 29.6 Å². The Labute approximate surface area is 136 Å². The number of benzene rings is 1. The molecule has 0 bridgehead atoms. The van der Waals surface area contributed by atoms with Crippen molar-refractivity contribution in [3.8, 4) is 0 Å². The lowest BCUT2D eigenvalue weighted by Gasteiger charge is -2.36. The van der Waals surface area contributed by atoms with Gasteiger partial charge < -0.3 is 10.2 Å². The second-order valence-corrected chi connectivity index (χ2v) is 5.67. The molecule has 112 valence electrons. The number of hydrogen-bond donors (Lipinski definition) is 1. The van der Waals surface area contributed by atoms with Gasteiger partial charge in [0.15, 0.2) is 0 Å². The zero-order valence-electron chi connectivity index (χ0n) is 11.6. The first kappa shape index (κ1) is 17.6. The summed E-state index contributed by atoms with van der Waals surface area (Å²) in [5.41, 5.74) is 2.19. The van der Waals surface area contributed by atoms with Crippen LogP contribution in [-0.2, 0) is 11.2 Å². The van der Waals surface area contributed by atoms with Gasteiger partial charge in [-0.3, -0.25) is 4.79 Å². The van der Waals surface area contributed by atoms with Crippen molar-refractivity contribution in [3.63, 3.8) is 0 Å². The molecule has 0 saturated carbocycles. The van der Waals surface area contributed by atoms with Crippen LogP contribution in [0.5, 0.6) is 0 Å². The molecule has 1 amide bonds. The molecule has 6 heteroatoms. The van der Waals surface area contributed by atoms with Crippen molar-refractivity contribution in [2.24, 2.45) is 0 Å². The number of hydrogen-bond acceptors (Lipinski definition) is 2. The van der Waals surface area contributed by atoms with Crippen molar-refractivity contribution >= 4 is 41.5 Å². The Balaban J connectivity index is 0.00000200. The minimum atomic E-state index is 0. The quantitative estimate of drug-likeness (QED) is 0.916. The standard InChI is InChI=1S/C14H18Cl2N2O.ClH/c1-9-14-10(7-11(15)8-12(14)16)4-6-18(9)13(19)3-5-17-2;/h7-9,17H,3-6H2,1-2H3;1H. The van der Waals surface area contributed by atoms with Crippen LogP contribution in [0.3, 0.4) is 0 Å². The van der Waals surface area contributed by atoms with Crippen molar-refractivity contribution in [1.82, 2.24) is 10.2 Å². The van der Waals surface area contributed by atoms with Gasteiger partial charge in [0.2, 0.25) is 5.91 Å². The Morgan fingerprint density at radius 3 is 2.80 bits per heavy atom. The highest BCUT2D eigenvalue weighted by Gasteiger charge is 2.29. The Morgan fingerprint density at radius 2 is 2.15 bits per heavy atom. The summed E-state index contributed by atoms with van der Waals surface area (Å²) in [6.07, 6.45) is 1.33. The highest BCUT2D eigenvalue weighted by atomic mass is 35.5. The van der Waals surface area contributed by atoms with Gasteiger partial charge in [-0.05, 0) is 43.7 Å². The van der Waals surface area contributed by atoms with Gasteiger partial charge in [0.25, 0.3) is 0 Å². The topological polar surface area (TPSA) is 32.3 Å². The lowest BCUT2D eigenvalue weighted by Crippen LogP contribution is -2.39. The zero-order valence-corrected chi connectivity index (χ0v) is 13.9. The van der Waals surface area contributed by atoms with E-state index in [1.54, 1.807) is 6.07 Å². The molecule has 0 fully saturated rings. The summed E-state index contributed by atoms with van der Waals surface area (Å²) < 4.78 is 0. The molecule has 1 heterocycles. The molecule has 0 aromatic heterocycles. The second-order valence-electron chi connectivity index (χ2n) is 4.83. The summed E-state index contributed by atoms with van der Waals surface area (Å²) in [6.45, 7) is 3.45. The van der Waals surface area contributed by atoms with Gasteiger partial charge in [-0.25, -0.2) is 0 Å². The largest absolute Gasteiger partial charge is 0.336 e. The van der Waals surface area contributed by atoms with Gasteiger partial charge in [0.1, 0.15) is 0 Å². The Morgan fingerprint density at radius 1 is 1.45 bits per heavy atom. The molecule has 3 nitrogen and oxygen atoms in total. The number of nitrogens with zero attached hydrogens (tertiary/aromatic N) is 1. The number of rotatable bonds is 3. The van der Waals surface area contributed by atoms with Crippen molar-refractivity contribution in [2.45, 2.75) is 25.8 Å². The van der Waals surface area contributed by atoms with E-state index < -0.39 is 0 Å². The Bertz CT molecular complexity index is 494. The van der Waals surface area contributed by atoms with Crippen molar-refractivity contribution < 1.29 is 4.79 Å². The highest BCUT2D eigenvalue weighted by Crippen LogP contribution is 2.36. The van der Waals surface area contributed by atoms with E-state index in [1.165, 1.54) is 0 Å². The molecule has 1 aliphatic heterocycles. The van der Waals surface area contributed by atoms with E-state index in [-0.39, 0.29) is 24.4 Å². The summed E-state index contributed by atoms with van der Waals surface area (Å²) >= 11 is 12.3. The fourth-order valence-corrected chi connectivity index (χ4v) is 3.31. The van der Waals surface area contributed by atoms with E-state index in [2.05, 4.69) is 5.32 Å². The summed E-state index contributed by atoms with van der Waals surface area (Å²) in [6, 6.07) is 3.71. The molecule has 20 heavy (non-hydrogen) atoms. The van der Waals surface area contributed by atoms with Crippen molar-refractivity contribution in [1.29, 1.82) is 0 Å². The van der Waals surface area contributed by atoms with E-state index >= 15 is 0 Å². The van der Waals surface area contributed by atoms with Crippen LogP contribution in [0.2, 0.25) is 10.0 Å². The van der Waals surface area contributed by atoms with Gasteiger partial charge >= 0.3 is 0 Å². The van der Waals surface area contributed by atoms with Crippen LogP contribution in [0.15, 0.2) is 12.1 Å². The molecular formula is C14H19Cl3N2O. The third-order valence-corrected chi connectivity index (χ3v) is 4.13. The number of carbonyl (C=O) groups excluding carboxylic acids is 1. The number of carbonyl (C=O) groups is 1. The summed E-state index contributed by atoms with van der Waals surface area (Å²) in [5, 5.41) is 4.31. The van der Waals surface area contributed by atoms with E-state index in [9.17, 15) is 4.79 Å². The smallest absolute Gasteiger partial charge is 0.224 e. The van der Waals surface area contributed by atoms with Gasteiger partial charge in [0.05, 0.1) is 6.04 Å². The Hall–Kier alpha value is -0.480.